The lowest BCUT2D eigenvalue weighted by Crippen LogP contribution is -2.51. The van der Waals surface area contributed by atoms with Crippen LogP contribution >= 0.6 is 0 Å². The highest BCUT2D eigenvalue weighted by Gasteiger charge is 2.39. The average Bonchev–Trinajstić information content (AvgIpc) is 3.59. The minimum atomic E-state index is -1.39. The number of aryl methyl sites for hydroxylation is 2. The van der Waals surface area contributed by atoms with Gasteiger partial charge in [0.2, 0.25) is 5.91 Å². The molecule has 7 heterocycles. The Kier molecular flexibility index (Phi) is 11.0. The molecular formula is C46H52F2N10O4. The van der Waals surface area contributed by atoms with Crippen LogP contribution in [0.5, 0.6) is 5.75 Å². The first-order chi connectivity index (χ1) is 29.8. The number of carbonyl (C=O) groups is 3. The summed E-state index contributed by atoms with van der Waals surface area (Å²) >= 11 is 0. The normalized spacial score (nSPS) is 21.4. The first-order valence-corrected chi connectivity index (χ1v) is 21.5. The van der Waals surface area contributed by atoms with Crippen molar-refractivity contribution in [2.45, 2.75) is 76.2 Å². The van der Waals surface area contributed by atoms with Gasteiger partial charge in [-0.3, -0.25) is 19.8 Å². The van der Waals surface area contributed by atoms with Crippen molar-refractivity contribution in [3.8, 4) is 17.0 Å². The molecule has 4 fully saturated rings. The summed E-state index contributed by atoms with van der Waals surface area (Å²) in [4.78, 5) is 50.0. The van der Waals surface area contributed by atoms with Crippen LogP contribution in [-0.4, -0.2) is 117 Å². The number of nitrogen functional groups attached to an aromatic ring is 1. The van der Waals surface area contributed by atoms with Gasteiger partial charge in [-0.1, -0.05) is 18.2 Å². The van der Waals surface area contributed by atoms with Gasteiger partial charge in [0, 0.05) is 106 Å². The van der Waals surface area contributed by atoms with Crippen molar-refractivity contribution >= 4 is 46.1 Å². The number of rotatable bonds is 8. The number of aromatic hydroxyl groups is 1. The number of urea groups is 1. The molecule has 5 aromatic rings. The molecular weight excluding hydrogens is 795 g/mol. The third-order valence-corrected chi connectivity index (χ3v) is 13.3. The van der Waals surface area contributed by atoms with Gasteiger partial charge in [0.15, 0.2) is 5.82 Å². The molecule has 14 nitrogen and oxygen atoms in total. The van der Waals surface area contributed by atoms with Crippen LogP contribution in [0.1, 0.15) is 77.5 Å². The Balaban J connectivity index is 0.790. The molecule has 0 unspecified atom stereocenters. The van der Waals surface area contributed by atoms with Crippen LogP contribution in [0.25, 0.3) is 22.3 Å². The number of pyridine rings is 1. The monoisotopic (exact) mass is 846 g/mol. The number of imide groups is 1. The summed E-state index contributed by atoms with van der Waals surface area (Å²) in [6.07, 6.45) is 5.46. The van der Waals surface area contributed by atoms with Crippen molar-refractivity contribution in [3.63, 3.8) is 0 Å². The number of nitrogens with two attached hydrogens (primary N) is 1. The number of para-hydroxylation sites is 1. The van der Waals surface area contributed by atoms with E-state index in [0.717, 1.165) is 53.7 Å². The van der Waals surface area contributed by atoms with Gasteiger partial charge in [-0.2, -0.15) is 0 Å². The number of likely N-dealkylation sites (tertiary alicyclic amines) is 2. The van der Waals surface area contributed by atoms with E-state index in [-0.39, 0.29) is 61.1 Å². The molecule has 4 amide bonds. The molecule has 4 aliphatic rings. The fraction of sp³-hybridized carbons (Fsp3) is 0.435. The Bertz CT molecular complexity index is 2530. The molecule has 324 valence electrons. The molecule has 0 aliphatic carbocycles. The van der Waals surface area contributed by atoms with Gasteiger partial charge in [0.1, 0.15) is 23.2 Å². The molecule has 4 saturated heterocycles. The third-order valence-electron chi connectivity index (χ3n) is 13.3. The lowest BCUT2D eigenvalue weighted by Gasteiger charge is -2.41. The molecule has 0 saturated carbocycles. The summed E-state index contributed by atoms with van der Waals surface area (Å²) in [5, 5.41) is 22.0. The van der Waals surface area contributed by atoms with E-state index in [1.807, 2.05) is 36.9 Å². The van der Waals surface area contributed by atoms with E-state index < -0.39 is 17.9 Å². The van der Waals surface area contributed by atoms with Crippen LogP contribution in [0.2, 0.25) is 0 Å². The Labute approximate surface area is 358 Å². The zero-order valence-electron chi connectivity index (χ0n) is 35.1. The highest BCUT2D eigenvalue weighted by atomic mass is 19.1. The smallest absolute Gasteiger partial charge is 0.328 e. The van der Waals surface area contributed by atoms with Crippen molar-refractivity contribution in [3.05, 3.63) is 89.2 Å². The van der Waals surface area contributed by atoms with E-state index in [1.54, 1.807) is 52.4 Å². The molecule has 4 aliphatic heterocycles. The summed E-state index contributed by atoms with van der Waals surface area (Å²) in [6.45, 7) is 7.40. The Morgan fingerprint density at radius 2 is 1.74 bits per heavy atom. The van der Waals surface area contributed by atoms with Gasteiger partial charge in [-0.05, 0) is 86.2 Å². The lowest BCUT2D eigenvalue weighted by molar-refractivity contribution is -0.120. The standard InChI is InChI=1S/C46H52F2N10O4/c1-28-19-30(7-8-35(28)31-20-32(47)26-56(25-31)39-22-38(52-53-42(39)49)36-5-3-4-6-40(36)59)44(61)55-17-12-46(48,13-18-55)27-54-14-9-33(10-15-54)58-24-29(2)37-21-34(23-50-43(37)58)57-16-11-41(60)51-45(57)62/h3-8,19,21-24,31-33,59H,9-18,20,25-27H2,1-2H3,(H2,49,53)(H,51,60,62)/t31-,32+/m0/s1. The van der Waals surface area contributed by atoms with E-state index >= 15 is 8.78 Å². The number of phenols is 1. The van der Waals surface area contributed by atoms with Gasteiger partial charge in [-0.25, -0.2) is 18.6 Å². The van der Waals surface area contributed by atoms with Gasteiger partial charge >= 0.3 is 6.03 Å². The molecule has 62 heavy (non-hydrogen) atoms. The lowest BCUT2D eigenvalue weighted by atomic mass is 9.86. The number of alkyl halides is 2. The maximum atomic E-state index is 16.4. The minimum Gasteiger partial charge on any atom is -0.507 e. The zero-order valence-corrected chi connectivity index (χ0v) is 35.1. The maximum Gasteiger partial charge on any atom is 0.328 e. The second-order valence-electron chi connectivity index (χ2n) is 17.5. The number of nitrogens with one attached hydrogen (secondary N) is 1. The first kappa shape index (κ1) is 41.2. The van der Waals surface area contributed by atoms with E-state index in [9.17, 15) is 19.5 Å². The van der Waals surface area contributed by atoms with Crippen LogP contribution in [0.4, 0.5) is 30.8 Å². The molecule has 4 N–H and O–H groups in total. The highest BCUT2D eigenvalue weighted by molar-refractivity contribution is 6.06. The second kappa shape index (κ2) is 16.6. The highest BCUT2D eigenvalue weighted by Crippen LogP contribution is 2.38. The summed E-state index contributed by atoms with van der Waals surface area (Å²) in [7, 11) is 0. The molecule has 0 spiro atoms. The number of halogens is 2. The quantitative estimate of drug-likeness (QED) is 0.158. The Morgan fingerprint density at radius 3 is 2.48 bits per heavy atom. The van der Waals surface area contributed by atoms with E-state index in [0.29, 0.717) is 67.3 Å². The number of phenolic OH excluding ortho intramolecular Hbond substituents is 1. The zero-order chi connectivity index (χ0) is 43.3. The molecule has 0 bridgehead atoms. The van der Waals surface area contributed by atoms with E-state index in [1.165, 1.54) is 0 Å². The largest absolute Gasteiger partial charge is 0.507 e. The van der Waals surface area contributed by atoms with Crippen LogP contribution < -0.4 is 20.9 Å². The predicted octanol–water partition coefficient (Wildman–Crippen LogP) is 6.46. The van der Waals surface area contributed by atoms with Crippen molar-refractivity contribution < 1.29 is 28.3 Å². The van der Waals surface area contributed by atoms with Crippen LogP contribution in [-0.2, 0) is 4.79 Å². The van der Waals surface area contributed by atoms with Crippen LogP contribution in [0, 0.1) is 13.8 Å². The molecule has 2 atom stereocenters. The average molecular weight is 847 g/mol. The SMILES string of the molecule is Cc1cc(C(=O)N2CCC(F)(CN3CCC(n4cc(C)c5cc(N6CCC(=O)NC6=O)cnc54)CC3)CC2)ccc1[C@H]1C[C@@H](F)CN(c2cc(-c3ccccc3O)nnc2N)C1. The van der Waals surface area contributed by atoms with E-state index in [2.05, 4.69) is 31.2 Å². The Hall–Kier alpha value is -6.16. The predicted molar refractivity (Wildman–Crippen MR) is 233 cm³/mol. The molecule has 0 radical (unpaired) electrons. The number of benzene rings is 2. The van der Waals surface area contributed by atoms with Crippen LogP contribution in [0.15, 0.2) is 67.0 Å². The van der Waals surface area contributed by atoms with Crippen LogP contribution in [0.3, 0.4) is 0 Å². The number of fused-ring (bicyclic) bond motifs is 1. The summed E-state index contributed by atoms with van der Waals surface area (Å²) in [5.41, 5.74) is 11.3. The molecule has 16 heteroatoms. The summed E-state index contributed by atoms with van der Waals surface area (Å²) in [5.74, 6) is -0.338. The second-order valence-corrected chi connectivity index (χ2v) is 17.5. The fourth-order valence-electron chi connectivity index (χ4n) is 9.92. The minimum absolute atomic E-state index is 0.0609. The first-order valence-electron chi connectivity index (χ1n) is 21.5. The number of aromatic nitrogens is 4. The van der Waals surface area contributed by atoms with Crippen molar-refractivity contribution in [2.75, 3.05) is 67.9 Å². The number of hydrogen-bond donors (Lipinski definition) is 3. The number of amides is 4. The van der Waals surface area contributed by atoms with Gasteiger partial charge < -0.3 is 30.1 Å². The number of hydrogen-bond acceptors (Lipinski definition) is 10. The molecule has 9 rings (SSSR count). The van der Waals surface area contributed by atoms with Crippen molar-refractivity contribution in [2.24, 2.45) is 0 Å². The topological polar surface area (TPSA) is 166 Å². The maximum absolute atomic E-state index is 16.4. The van der Waals surface area contributed by atoms with Gasteiger partial charge in [-0.15, -0.1) is 10.2 Å². The number of carbonyl (C=O) groups excluding carboxylic acids is 3. The summed E-state index contributed by atoms with van der Waals surface area (Å²) < 4.78 is 34.0. The number of piperidine rings is 3. The van der Waals surface area contributed by atoms with Crippen molar-refractivity contribution in [1.29, 1.82) is 0 Å². The number of nitrogens with zero attached hydrogens (tertiary/aromatic N) is 8. The van der Waals surface area contributed by atoms with Gasteiger partial charge in [0.25, 0.3) is 5.91 Å². The molecule has 2 aromatic carbocycles. The summed E-state index contributed by atoms with van der Waals surface area (Å²) in [6, 6.07) is 15.9. The van der Waals surface area contributed by atoms with Crippen molar-refractivity contribution in [1.82, 2.24) is 34.9 Å². The molecule has 3 aromatic heterocycles. The number of anilines is 3. The Morgan fingerprint density at radius 1 is 0.968 bits per heavy atom. The van der Waals surface area contributed by atoms with E-state index in [4.69, 9.17) is 10.7 Å². The fourth-order valence-corrected chi connectivity index (χ4v) is 9.92. The third kappa shape index (κ3) is 8.15. The van der Waals surface area contributed by atoms with Gasteiger partial charge in [0.05, 0.1) is 23.3 Å².